The molecule has 206 valence electrons. The van der Waals surface area contributed by atoms with Crippen molar-refractivity contribution in [2.24, 2.45) is 11.8 Å². The molecule has 5 rings (SSSR count). The summed E-state index contributed by atoms with van der Waals surface area (Å²) < 4.78 is 0. The first-order chi connectivity index (χ1) is 18.8. The standard InChI is InChI=1S/C30H36N4O5/c1-19-5-7-20(8-6-19)24(18-27(35)36)31-29(38)23-11-12-26(25(17-23)32-28(37)21-3-2-4-21)33-13-15-34(16-14-33)30(39)22-9-10-22/h5-8,11-12,17,21-22,24H,2-4,9-10,13-16,18H2,1H3,(H,31,38)(H,32,37)(H,35,36). The molecule has 3 aliphatic rings. The molecule has 0 radical (unpaired) electrons. The van der Waals surface area contributed by atoms with Crippen LogP contribution in [0.1, 0.15) is 66.1 Å². The summed E-state index contributed by atoms with van der Waals surface area (Å²) in [6.45, 7) is 4.48. The first kappa shape index (κ1) is 26.7. The van der Waals surface area contributed by atoms with Crippen LogP contribution in [0.2, 0.25) is 0 Å². The third kappa shape index (κ3) is 6.41. The van der Waals surface area contributed by atoms with Crippen LogP contribution in [0.5, 0.6) is 0 Å². The second kappa shape index (κ2) is 11.5. The summed E-state index contributed by atoms with van der Waals surface area (Å²) in [6.07, 6.45) is 4.47. The van der Waals surface area contributed by atoms with Gasteiger partial charge in [-0.05, 0) is 56.4 Å². The Morgan fingerprint density at radius 3 is 2.21 bits per heavy atom. The molecule has 2 aromatic rings. The Morgan fingerprint density at radius 2 is 1.62 bits per heavy atom. The molecule has 1 atom stereocenters. The van der Waals surface area contributed by atoms with Gasteiger partial charge in [0.05, 0.1) is 23.8 Å². The van der Waals surface area contributed by atoms with Gasteiger partial charge in [-0.25, -0.2) is 0 Å². The maximum atomic E-state index is 13.3. The van der Waals surface area contributed by atoms with E-state index in [1.807, 2.05) is 42.2 Å². The van der Waals surface area contributed by atoms with Gasteiger partial charge < -0.3 is 25.5 Å². The van der Waals surface area contributed by atoms with Crippen molar-refractivity contribution in [3.8, 4) is 0 Å². The normalized spacial score (nSPS) is 18.2. The number of benzene rings is 2. The van der Waals surface area contributed by atoms with Crippen molar-refractivity contribution in [1.82, 2.24) is 10.2 Å². The maximum Gasteiger partial charge on any atom is 0.305 e. The number of amides is 3. The fourth-order valence-corrected chi connectivity index (χ4v) is 5.18. The minimum Gasteiger partial charge on any atom is -0.481 e. The van der Waals surface area contributed by atoms with Crippen LogP contribution in [0, 0.1) is 18.8 Å². The number of carboxylic acid groups (broad SMARTS) is 1. The first-order valence-corrected chi connectivity index (χ1v) is 13.9. The molecule has 2 aliphatic carbocycles. The summed E-state index contributed by atoms with van der Waals surface area (Å²) in [6, 6.07) is 11.9. The van der Waals surface area contributed by atoms with Crippen molar-refractivity contribution in [3.63, 3.8) is 0 Å². The van der Waals surface area contributed by atoms with Crippen molar-refractivity contribution in [3.05, 3.63) is 59.2 Å². The van der Waals surface area contributed by atoms with Crippen LogP contribution in [-0.2, 0) is 14.4 Å². The van der Waals surface area contributed by atoms with E-state index in [0.29, 0.717) is 43.0 Å². The zero-order chi connectivity index (χ0) is 27.5. The smallest absolute Gasteiger partial charge is 0.305 e. The summed E-state index contributed by atoms with van der Waals surface area (Å²) in [5.74, 6) is -1.06. The van der Waals surface area contributed by atoms with Gasteiger partial charge in [-0.3, -0.25) is 19.2 Å². The third-order valence-corrected chi connectivity index (χ3v) is 8.01. The summed E-state index contributed by atoms with van der Waals surface area (Å²) >= 11 is 0. The Balaban J connectivity index is 1.35. The second-order valence-electron chi connectivity index (χ2n) is 11.0. The largest absolute Gasteiger partial charge is 0.481 e. The van der Waals surface area contributed by atoms with Gasteiger partial charge >= 0.3 is 5.97 Å². The van der Waals surface area contributed by atoms with Crippen molar-refractivity contribution in [2.75, 3.05) is 36.4 Å². The van der Waals surface area contributed by atoms with E-state index >= 15 is 0 Å². The van der Waals surface area contributed by atoms with Crippen molar-refractivity contribution < 1.29 is 24.3 Å². The minimum absolute atomic E-state index is 0.0233. The topological polar surface area (TPSA) is 119 Å². The van der Waals surface area contributed by atoms with Crippen molar-refractivity contribution >= 4 is 35.1 Å². The fraction of sp³-hybridized carbons (Fsp3) is 0.467. The quantitative estimate of drug-likeness (QED) is 0.453. The Morgan fingerprint density at radius 1 is 0.923 bits per heavy atom. The minimum atomic E-state index is -1.01. The van der Waals surface area contributed by atoms with E-state index in [1.165, 1.54) is 0 Å². The van der Waals surface area contributed by atoms with Gasteiger partial charge in [0.25, 0.3) is 5.91 Å². The van der Waals surface area contributed by atoms with Crippen LogP contribution >= 0.6 is 0 Å². The number of hydrogen-bond donors (Lipinski definition) is 3. The summed E-state index contributed by atoms with van der Waals surface area (Å²) in [5, 5.41) is 15.4. The Bertz CT molecular complexity index is 1240. The van der Waals surface area contributed by atoms with Crippen LogP contribution in [0.3, 0.4) is 0 Å². The lowest BCUT2D eigenvalue weighted by atomic mass is 9.85. The van der Waals surface area contributed by atoms with Gasteiger partial charge in [-0.1, -0.05) is 36.2 Å². The SMILES string of the molecule is Cc1ccc(C(CC(=O)O)NC(=O)c2ccc(N3CCN(C(=O)C4CC4)CC3)c(NC(=O)C3CCC3)c2)cc1. The number of carbonyl (C=O) groups is 4. The highest BCUT2D eigenvalue weighted by Gasteiger charge is 2.35. The number of nitrogens with zero attached hydrogens (tertiary/aromatic N) is 2. The Hall–Kier alpha value is -3.88. The first-order valence-electron chi connectivity index (χ1n) is 13.9. The molecule has 9 nitrogen and oxygen atoms in total. The van der Waals surface area contributed by atoms with E-state index in [9.17, 15) is 24.3 Å². The summed E-state index contributed by atoms with van der Waals surface area (Å²) in [4.78, 5) is 54.3. The molecular weight excluding hydrogens is 496 g/mol. The third-order valence-electron chi connectivity index (χ3n) is 8.01. The van der Waals surface area contributed by atoms with Gasteiger partial charge in [-0.15, -0.1) is 0 Å². The number of carboxylic acids is 1. The van der Waals surface area contributed by atoms with Crippen LogP contribution in [0.4, 0.5) is 11.4 Å². The molecule has 9 heteroatoms. The highest BCUT2D eigenvalue weighted by Crippen LogP contribution is 2.34. The molecule has 3 N–H and O–H groups in total. The summed E-state index contributed by atoms with van der Waals surface area (Å²) in [7, 11) is 0. The molecule has 2 saturated carbocycles. The van der Waals surface area contributed by atoms with E-state index in [0.717, 1.165) is 43.4 Å². The number of anilines is 2. The Kier molecular flexibility index (Phi) is 7.86. The van der Waals surface area contributed by atoms with Gasteiger partial charge in [0.2, 0.25) is 11.8 Å². The van der Waals surface area contributed by atoms with Gasteiger partial charge in [0.1, 0.15) is 0 Å². The maximum absolute atomic E-state index is 13.3. The lowest BCUT2D eigenvalue weighted by Crippen LogP contribution is -2.49. The van der Waals surface area contributed by atoms with E-state index < -0.39 is 17.9 Å². The highest BCUT2D eigenvalue weighted by molar-refractivity contribution is 6.01. The number of piperazine rings is 1. The molecule has 1 saturated heterocycles. The van der Waals surface area contributed by atoms with Gasteiger partial charge in [-0.2, -0.15) is 0 Å². The lowest BCUT2D eigenvalue weighted by Gasteiger charge is -2.37. The second-order valence-corrected chi connectivity index (χ2v) is 11.0. The molecular formula is C30H36N4O5. The molecule has 39 heavy (non-hydrogen) atoms. The predicted molar refractivity (Wildman–Crippen MR) is 148 cm³/mol. The average Bonchev–Trinajstić information content (AvgIpc) is 3.73. The molecule has 0 bridgehead atoms. The Labute approximate surface area is 228 Å². The predicted octanol–water partition coefficient (Wildman–Crippen LogP) is 3.74. The molecule has 3 amide bonds. The highest BCUT2D eigenvalue weighted by atomic mass is 16.4. The van der Waals surface area contributed by atoms with Crippen molar-refractivity contribution in [1.29, 1.82) is 0 Å². The van der Waals surface area contributed by atoms with Crippen LogP contribution in [0.25, 0.3) is 0 Å². The molecule has 0 aromatic heterocycles. The fourth-order valence-electron chi connectivity index (χ4n) is 5.18. The molecule has 3 fully saturated rings. The number of nitrogens with one attached hydrogen (secondary N) is 2. The number of rotatable bonds is 9. The van der Waals surface area contributed by atoms with Gasteiger partial charge in [0, 0.05) is 43.6 Å². The molecule has 1 heterocycles. The van der Waals surface area contributed by atoms with E-state index in [-0.39, 0.29) is 30.1 Å². The molecule has 2 aromatic carbocycles. The molecule has 1 aliphatic heterocycles. The van der Waals surface area contributed by atoms with E-state index in [2.05, 4.69) is 15.5 Å². The van der Waals surface area contributed by atoms with Crippen LogP contribution < -0.4 is 15.5 Å². The number of carbonyl (C=O) groups excluding carboxylic acids is 3. The van der Waals surface area contributed by atoms with E-state index in [1.54, 1.807) is 12.1 Å². The monoisotopic (exact) mass is 532 g/mol. The van der Waals surface area contributed by atoms with Crippen LogP contribution in [0.15, 0.2) is 42.5 Å². The summed E-state index contributed by atoms with van der Waals surface area (Å²) in [5.41, 5.74) is 3.47. The number of aliphatic carboxylic acids is 1. The lowest BCUT2D eigenvalue weighted by molar-refractivity contribution is -0.137. The van der Waals surface area contributed by atoms with E-state index in [4.69, 9.17) is 0 Å². The number of hydrogen-bond acceptors (Lipinski definition) is 5. The van der Waals surface area contributed by atoms with Crippen LogP contribution in [-0.4, -0.2) is 59.9 Å². The zero-order valence-corrected chi connectivity index (χ0v) is 22.3. The van der Waals surface area contributed by atoms with Gasteiger partial charge in [0.15, 0.2) is 0 Å². The molecule has 0 spiro atoms. The zero-order valence-electron chi connectivity index (χ0n) is 22.3. The molecule has 1 unspecified atom stereocenters. The van der Waals surface area contributed by atoms with Crippen molar-refractivity contribution in [2.45, 2.75) is 51.5 Å². The average molecular weight is 533 g/mol. The number of aryl methyl sites for hydroxylation is 1.